The van der Waals surface area contributed by atoms with Crippen LogP contribution in [0, 0.1) is 11.6 Å². The summed E-state index contributed by atoms with van der Waals surface area (Å²) in [5.41, 5.74) is 3.00. The van der Waals surface area contributed by atoms with E-state index in [4.69, 9.17) is 19.4 Å². The molecule has 0 bridgehead atoms. The molecule has 4 aromatic rings. The first-order valence-electron chi connectivity index (χ1n) is 13.5. The molecule has 2 heterocycles. The number of methoxy groups -OCH3 is 1. The zero-order valence-corrected chi connectivity index (χ0v) is 24.8. The van der Waals surface area contributed by atoms with E-state index in [-0.39, 0.29) is 17.2 Å². The van der Waals surface area contributed by atoms with E-state index in [9.17, 15) is 13.6 Å². The molecule has 13 heteroatoms. The van der Waals surface area contributed by atoms with Crippen molar-refractivity contribution in [1.29, 1.82) is 0 Å². The lowest BCUT2D eigenvalue weighted by Crippen LogP contribution is -2.38. The van der Waals surface area contributed by atoms with Crippen molar-refractivity contribution in [3.63, 3.8) is 0 Å². The van der Waals surface area contributed by atoms with E-state index in [0.717, 1.165) is 16.6 Å². The van der Waals surface area contributed by atoms with Crippen LogP contribution in [0.25, 0.3) is 16.9 Å². The van der Waals surface area contributed by atoms with Crippen molar-refractivity contribution in [3.8, 4) is 17.0 Å². The lowest BCUT2D eigenvalue weighted by molar-refractivity contribution is -0.870. The number of carboxylic acid groups (broad SMARTS) is 1. The summed E-state index contributed by atoms with van der Waals surface area (Å²) in [6, 6.07) is 8.26. The zero-order chi connectivity index (χ0) is 31.6. The fourth-order valence-corrected chi connectivity index (χ4v) is 4.19. The van der Waals surface area contributed by atoms with Crippen LogP contribution in [0.4, 0.5) is 20.3 Å². The third kappa shape index (κ3) is 8.46. The average Bonchev–Trinajstić information content (AvgIpc) is 3.41. The average molecular weight is 599 g/mol. The molecule has 1 amide bonds. The zero-order valence-electron chi connectivity index (χ0n) is 24.8. The van der Waals surface area contributed by atoms with Crippen molar-refractivity contribution in [3.05, 3.63) is 71.7 Å². The first kappa shape index (κ1) is 32.9. The van der Waals surface area contributed by atoms with Gasteiger partial charge in [-0.05, 0) is 42.3 Å². The number of rotatable bonds is 12. The molecule has 230 valence electrons. The molecule has 0 aliphatic carbocycles. The van der Waals surface area contributed by atoms with Crippen molar-refractivity contribution >= 4 is 29.5 Å². The molecule has 0 saturated carbocycles. The summed E-state index contributed by atoms with van der Waals surface area (Å²) in [4.78, 5) is 29.9. The minimum Gasteiger partial charge on any atom is -0.554 e. The predicted molar refractivity (Wildman–Crippen MR) is 156 cm³/mol. The summed E-state index contributed by atoms with van der Waals surface area (Å²) in [6.45, 7) is 3.87. The van der Waals surface area contributed by atoms with Crippen molar-refractivity contribution < 1.29 is 37.4 Å². The lowest BCUT2D eigenvalue weighted by atomic mass is 10.0. The maximum atomic E-state index is 14.8. The van der Waals surface area contributed by atoms with Crippen LogP contribution in [-0.2, 0) is 16.0 Å². The van der Waals surface area contributed by atoms with Gasteiger partial charge in [0.25, 0.3) is 5.91 Å². The van der Waals surface area contributed by atoms with Gasteiger partial charge in [-0.3, -0.25) is 9.20 Å². The summed E-state index contributed by atoms with van der Waals surface area (Å²) in [5.74, 6) is -2.00. The van der Waals surface area contributed by atoms with E-state index in [0.29, 0.717) is 54.6 Å². The fourth-order valence-electron chi connectivity index (χ4n) is 4.19. The number of anilines is 2. The van der Waals surface area contributed by atoms with E-state index in [1.165, 1.54) is 25.4 Å². The Morgan fingerprint density at radius 1 is 1.12 bits per heavy atom. The Morgan fingerprint density at radius 2 is 1.86 bits per heavy atom. The molecule has 0 saturated heterocycles. The molecule has 0 aliphatic rings. The number of aromatic nitrogens is 3. The summed E-state index contributed by atoms with van der Waals surface area (Å²) >= 11 is 0. The summed E-state index contributed by atoms with van der Waals surface area (Å²) in [5, 5.41) is 14.4. The first-order valence-corrected chi connectivity index (χ1v) is 13.5. The van der Waals surface area contributed by atoms with Crippen LogP contribution in [0.5, 0.6) is 5.75 Å². The predicted octanol–water partition coefficient (Wildman–Crippen LogP) is 2.81. The van der Waals surface area contributed by atoms with Gasteiger partial charge < -0.3 is 34.5 Å². The van der Waals surface area contributed by atoms with Gasteiger partial charge in [-0.1, -0.05) is 6.92 Å². The highest BCUT2D eigenvalue weighted by Crippen LogP contribution is 2.31. The van der Waals surface area contributed by atoms with Crippen LogP contribution in [0.3, 0.4) is 0 Å². The highest BCUT2D eigenvalue weighted by molar-refractivity contribution is 5.96. The Bertz CT molecular complexity index is 1550. The minimum atomic E-state index is -1.06. The third-order valence-corrected chi connectivity index (χ3v) is 6.40. The number of aryl methyl sites for hydroxylation is 1. The highest BCUT2D eigenvalue weighted by Gasteiger charge is 2.19. The van der Waals surface area contributed by atoms with E-state index in [2.05, 4.69) is 41.7 Å². The molecule has 0 radical (unpaired) electrons. The minimum absolute atomic E-state index is 0.0466. The van der Waals surface area contributed by atoms with Crippen molar-refractivity contribution in [2.75, 3.05) is 59.9 Å². The fraction of sp³-hybridized carbons (Fsp3) is 0.333. The number of quaternary nitrogens is 1. The number of hydrogen-bond acceptors (Lipinski definition) is 8. The number of halogens is 2. The van der Waals surface area contributed by atoms with Gasteiger partial charge in [0.1, 0.15) is 6.54 Å². The van der Waals surface area contributed by atoms with Gasteiger partial charge in [-0.15, -0.1) is 0 Å². The second-order valence-corrected chi connectivity index (χ2v) is 10.4. The van der Waals surface area contributed by atoms with Gasteiger partial charge in [0.2, 0.25) is 5.82 Å². The topological polar surface area (TPSA) is 130 Å². The van der Waals surface area contributed by atoms with Crippen LogP contribution >= 0.6 is 0 Å². The number of benzene rings is 2. The molecular formula is C30H36F2N6O5. The monoisotopic (exact) mass is 598 g/mol. The Kier molecular flexibility index (Phi) is 11.5. The number of carbonyl (C=O) groups excluding carboxylic acids is 2. The summed E-state index contributed by atoms with van der Waals surface area (Å²) < 4.78 is 42.1. The number of fused-ring (bicyclic) bond motifs is 1. The van der Waals surface area contributed by atoms with Gasteiger partial charge in [-0.25, -0.2) is 14.4 Å². The molecular weight excluding hydrogens is 562 g/mol. The van der Waals surface area contributed by atoms with Gasteiger partial charge >= 0.3 is 0 Å². The molecule has 4 rings (SSSR count). The molecule has 0 fully saturated rings. The number of hydrogen-bond donors (Lipinski definition) is 2. The van der Waals surface area contributed by atoms with Crippen LogP contribution in [0.2, 0.25) is 0 Å². The van der Waals surface area contributed by atoms with Crippen molar-refractivity contribution in [2.45, 2.75) is 13.3 Å². The second-order valence-electron chi connectivity index (χ2n) is 10.4. The molecule has 2 aromatic heterocycles. The lowest BCUT2D eigenvalue weighted by Gasteiger charge is -2.23. The number of carbonyl (C=O) groups is 2. The summed E-state index contributed by atoms with van der Waals surface area (Å²) in [6.07, 6.45) is 5.28. The van der Waals surface area contributed by atoms with Crippen LogP contribution in [-0.4, -0.2) is 85.8 Å². The Balaban J connectivity index is 0.00000162. The SMILES string of the molecule is CCc1cc(Nc2nccn3c(-c4ccc(OC)c(F)c4F)cnc23)ccc1C(=O)NCCOCC[N+](C)(C)C.O=C[O-]. The van der Waals surface area contributed by atoms with E-state index in [1.54, 1.807) is 28.9 Å². The standard InChI is InChI=1S/C29H34F2N6O3.CH2O2/c1-6-19-17-20(7-8-21(19)29(38)33-12-15-40-16-14-37(2,3)4)35-27-28-34-18-23(36(28)13-11-32-27)22-9-10-24(39-5)26(31)25(22)30;2-1-3/h7-11,13,17-18H,6,12,14-16H2,1-5H3,(H-,32,33,35,38);1H,(H,2,3). The van der Waals surface area contributed by atoms with E-state index in [1.807, 2.05) is 13.0 Å². The molecule has 0 aliphatic heterocycles. The van der Waals surface area contributed by atoms with Crippen LogP contribution in [0.1, 0.15) is 22.8 Å². The van der Waals surface area contributed by atoms with E-state index < -0.39 is 18.1 Å². The van der Waals surface area contributed by atoms with Crippen molar-refractivity contribution in [1.82, 2.24) is 19.7 Å². The van der Waals surface area contributed by atoms with Crippen LogP contribution in [0.15, 0.2) is 48.9 Å². The van der Waals surface area contributed by atoms with Crippen LogP contribution < -0.4 is 20.5 Å². The Morgan fingerprint density at radius 3 is 2.53 bits per heavy atom. The molecule has 0 atom stereocenters. The number of likely N-dealkylation sites (N-methyl/N-ethyl adjacent to an activating group) is 1. The summed E-state index contributed by atoms with van der Waals surface area (Å²) in [7, 11) is 7.59. The molecule has 2 N–H and O–H groups in total. The molecule has 0 unspecified atom stereocenters. The maximum absolute atomic E-state index is 14.8. The highest BCUT2D eigenvalue weighted by atomic mass is 19.2. The number of imidazole rings is 1. The molecule has 11 nitrogen and oxygen atoms in total. The van der Waals surface area contributed by atoms with Gasteiger partial charge in [0, 0.05) is 42.2 Å². The number of nitrogens with one attached hydrogen (secondary N) is 2. The normalized spacial score (nSPS) is 11.0. The van der Waals surface area contributed by atoms with Gasteiger partial charge in [0.15, 0.2) is 23.0 Å². The second kappa shape index (κ2) is 15.0. The quantitative estimate of drug-likeness (QED) is 0.145. The molecule has 43 heavy (non-hydrogen) atoms. The smallest absolute Gasteiger partial charge is 0.251 e. The van der Waals surface area contributed by atoms with Gasteiger partial charge in [-0.2, -0.15) is 4.39 Å². The third-order valence-electron chi connectivity index (χ3n) is 6.40. The Hall–Kier alpha value is -4.62. The molecule has 2 aromatic carbocycles. The largest absolute Gasteiger partial charge is 0.554 e. The number of nitrogens with zero attached hydrogens (tertiary/aromatic N) is 4. The maximum Gasteiger partial charge on any atom is 0.251 e. The first-order chi connectivity index (χ1) is 20.5. The van der Waals surface area contributed by atoms with E-state index >= 15 is 0 Å². The number of ether oxygens (including phenoxy) is 2. The molecule has 0 spiro atoms. The van der Waals surface area contributed by atoms with Crippen molar-refractivity contribution in [2.24, 2.45) is 0 Å². The van der Waals surface area contributed by atoms with Gasteiger partial charge in [0.05, 0.1) is 53.4 Å². The Labute approximate surface area is 248 Å². The number of amides is 1.